The van der Waals surface area contributed by atoms with Gasteiger partial charge >= 0.3 is 18.3 Å². The first-order valence-corrected chi connectivity index (χ1v) is 20.0. The number of piperazine rings is 2. The van der Waals surface area contributed by atoms with Gasteiger partial charge in [0.1, 0.15) is 28.2 Å². The van der Waals surface area contributed by atoms with Crippen LogP contribution in [0.15, 0.2) is 40.9 Å². The number of benzene rings is 2. The third kappa shape index (κ3) is 17.5. The smallest absolute Gasteiger partial charge is 0.424 e. The summed E-state index contributed by atoms with van der Waals surface area (Å²) in [5.41, 5.74) is -2.36. The Kier molecular flexibility index (Phi) is 18.8. The first-order valence-electron chi connectivity index (χ1n) is 19.2. The predicted octanol–water partition coefficient (Wildman–Crippen LogP) is 8.03. The Balaban J connectivity index is 0.000000335. The molecule has 2 aromatic rings. The van der Waals surface area contributed by atoms with E-state index in [-0.39, 0.29) is 17.1 Å². The quantitative estimate of drug-likeness (QED) is 0.154. The molecule has 0 radical (unpaired) electrons. The van der Waals surface area contributed by atoms with Gasteiger partial charge in [-0.3, -0.25) is 25.5 Å². The second-order valence-electron chi connectivity index (χ2n) is 16.4. The highest BCUT2D eigenvalue weighted by Crippen LogP contribution is 2.34. The molecule has 0 saturated carbocycles. The number of carbonyl (C=O) groups is 3. The molecule has 2 N–H and O–H groups in total. The van der Waals surface area contributed by atoms with E-state index >= 15 is 0 Å². The lowest BCUT2D eigenvalue weighted by Gasteiger charge is -2.35. The van der Waals surface area contributed by atoms with Gasteiger partial charge in [0, 0.05) is 74.7 Å². The van der Waals surface area contributed by atoms with Gasteiger partial charge in [-0.2, -0.15) is 4.90 Å². The van der Waals surface area contributed by atoms with Crippen LogP contribution in [0, 0.1) is 20.2 Å². The zero-order valence-corrected chi connectivity index (χ0v) is 37.3. The normalized spacial score (nSPS) is 15.1. The molecule has 0 bridgehead atoms. The van der Waals surface area contributed by atoms with Crippen molar-refractivity contribution in [2.75, 3.05) is 80.6 Å². The highest BCUT2D eigenvalue weighted by Gasteiger charge is 2.36. The Bertz CT molecular complexity index is 1680. The molecule has 0 spiro atoms. The monoisotopic (exact) mass is 880 g/mol. The van der Waals surface area contributed by atoms with Gasteiger partial charge in [-0.1, -0.05) is 29.8 Å². The maximum Gasteiger partial charge on any atom is 0.424 e. The number of imide groups is 1. The van der Waals surface area contributed by atoms with Crippen LogP contribution in [0.2, 0.25) is 0 Å². The maximum atomic E-state index is 12.5. The van der Waals surface area contributed by atoms with Crippen LogP contribution in [0.1, 0.15) is 76.2 Å². The van der Waals surface area contributed by atoms with Gasteiger partial charge in [0.05, 0.1) is 9.85 Å². The zero-order chi connectivity index (χ0) is 44.0. The van der Waals surface area contributed by atoms with Crippen molar-refractivity contribution < 1.29 is 38.4 Å². The molecule has 19 heteroatoms. The highest BCUT2D eigenvalue weighted by molar-refractivity contribution is 9.10. The first kappa shape index (κ1) is 49.6. The molecule has 0 atom stereocenters. The van der Waals surface area contributed by atoms with Crippen molar-refractivity contribution >= 4 is 62.6 Å². The van der Waals surface area contributed by atoms with E-state index in [1.165, 1.54) is 57.0 Å². The minimum atomic E-state index is -1.06. The van der Waals surface area contributed by atoms with Crippen LogP contribution < -0.4 is 20.4 Å². The Hall–Kier alpha value is -4.59. The second-order valence-corrected chi connectivity index (χ2v) is 17.3. The third-order valence-corrected chi connectivity index (χ3v) is 8.68. The van der Waals surface area contributed by atoms with Gasteiger partial charge < -0.3 is 34.2 Å². The fraction of sp³-hybridized carbons (Fsp3) is 0.615. The number of amides is 3. The van der Waals surface area contributed by atoms with Crippen LogP contribution in [-0.2, 0) is 14.2 Å². The predicted molar refractivity (Wildman–Crippen MR) is 228 cm³/mol. The Morgan fingerprint density at radius 1 is 0.724 bits per heavy atom. The van der Waals surface area contributed by atoms with Gasteiger partial charge in [0.2, 0.25) is 0 Å². The molecule has 2 aliphatic heterocycles. The molecule has 0 aliphatic carbocycles. The number of likely N-dealkylation sites (N-methyl/N-ethyl adjacent to an activating group) is 2. The summed E-state index contributed by atoms with van der Waals surface area (Å²) in [6.45, 7) is 29.8. The molecule has 3 amide bonds. The minimum absolute atomic E-state index is 0.134. The summed E-state index contributed by atoms with van der Waals surface area (Å²) in [5, 5.41) is 28.5. The van der Waals surface area contributed by atoms with Crippen molar-refractivity contribution in [3.63, 3.8) is 0 Å². The van der Waals surface area contributed by atoms with Crippen molar-refractivity contribution in [3.8, 4) is 0 Å². The fourth-order valence-electron chi connectivity index (χ4n) is 5.46. The average molecular weight is 882 g/mol. The zero-order valence-electron chi connectivity index (χ0n) is 35.7. The SMILES string of the molecule is CC(C)(C)OC(=O)N(C(=O)OC(C)(C)C)c1ccc(Br)cc1[N+](=O)[O-].CCN1CCN(c2ccc(NC(=O)OC(C)(C)C)c([N+](=O)[O-])c2)CC1.CCN1CCNCC1. The van der Waals surface area contributed by atoms with Gasteiger partial charge in [-0.15, -0.1) is 0 Å². The van der Waals surface area contributed by atoms with E-state index in [2.05, 4.69) is 55.1 Å². The molecule has 2 aliphatic rings. The molecule has 2 saturated heterocycles. The number of rotatable bonds is 7. The van der Waals surface area contributed by atoms with Gasteiger partial charge in [0.15, 0.2) is 0 Å². The Morgan fingerprint density at radius 2 is 1.21 bits per heavy atom. The number of anilines is 3. The summed E-state index contributed by atoms with van der Waals surface area (Å²) in [7, 11) is 0. The number of ether oxygens (including phenoxy) is 3. The molecule has 2 fully saturated rings. The molecular formula is C39H61BrN8O10. The number of hydrogen-bond donors (Lipinski definition) is 2. The van der Waals surface area contributed by atoms with E-state index in [9.17, 15) is 34.6 Å². The summed E-state index contributed by atoms with van der Waals surface area (Å²) in [4.78, 5) is 65.9. The van der Waals surface area contributed by atoms with Gasteiger partial charge in [0.25, 0.3) is 11.4 Å². The van der Waals surface area contributed by atoms with Crippen LogP contribution in [-0.4, -0.2) is 120 Å². The van der Waals surface area contributed by atoms with E-state index in [0.717, 1.165) is 38.4 Å². The van der Waals surface area contributed by atoms with Crippen LogP contribution in [0.4, 0.5) is 42.8 Å². The summed E-state index contributed by atoms with van der Waals surface area (Å²) in [6, 6.07) is 8.80. The second kappa shape index (κ2) is 22.0. The molecule has 18 nitrogen and oxygen atoms in total. The number of nitrogens with zero attached hydrogens (tertiary/aromatic N) is 6. The Morgan fingerprint density at radius 3 is 1.64 bits per heavy atom. The van der Waals surface area contributed by atoms with E-state index in [0.29, 0.717) is 9.37 Å². The number of nitrogens with one attached hydrogen (secondary N) is 2. The molecule has 0 unspecified atom stereocenters. The van der Waals surface area contributed by atoms with E-state index in [4.69, 9.17) is 14.2 Å². The molecule has 58 heavy (non-hydrogen) atoms. The van der Waals surface area contributed by atoms with Crippen molar-refractivity contribution in [2.45, 2.75) is 93.0 Å². The number of halogens is 1. The molecule has 2 aromatic carbocycles. The molecule has 2 heterocycles. The largest absolute Gasteiger partial charge is 0.444 e. The van der Waals surface area contributed by atoms with E-state index < -0.39 is 50.6 Å². The standard InChI is InChI=1S/C17H26N4O4.C16H21BrN2O6.C6H14N2/c1-5-19-8-10-20(11-9-19)13-6-7-14(15(12-13)21(23)24)18-16(22)25-17(2,3)4;1-15(2,3)24-13(20)18(14(21)25-16(4,5)6)11-8-7-10(17)9-12(11)19(22)23;1-2-8-5-3-7-4-6-8/h6-7,12H,5,8-11H2,1-4H3,(H,18,22);7-9H,1-6H3;7H,2-6H2,1H3. The van der Waals surface area contributed by atoms with Crippen molar-refractivity contribution in [1.29, 1.82) is 0 Å². The summed E-state index contributed by atoms with van der Waals surface area (Å²) < 4.78 is 16.0. The van der Waals surface area contributed by atoms with Gasteiger partial charge in [-0.05, 0) is 99.7 Å². The maximum absolute atomic E-state index is 12.5. The number of nitro benzene ring substituents is 2. The molecular weight excluding hydrogens is 820 g/mol. The lowest BCUT2D eigenvalue weighted by molar-refractivity contribution is -0.384. The Labute approximate surface area is 349 Å². The van der Waals surface area contributed by atoms with Crippen molar-refractivity contribution in [2.24, 2.45) is 0 Å². The highest BCUT2D eigenvalue weighted by atomic mass is 79.9. The summed E-state index contributed by atoms with van der Waals surface area (Å²) in [5.74, 6) is 0. The van der Waals surface area contributed by atoms with Crippen LogP contribution in [0.25, 0.3) is 0 Å². The van der Waals surface area contributed by atoms with E-state index in [1.807, 2.05) is 0 Å². The summed E-state index contributed by atoms with van der Waals surface area (Å²) in [6.07, 6.45) is -2.83. The van der Waals surface area contributed by atoms with E-state index in [1.54, 1.807) is 74.4 Å². The molecule has 324 valence electrons. The molecule has 0 aromatic heterocycles. The minimum Gasteiger partial charge on any atom is -0.444 e. The van der Waals surface area contributed by atoms with Crippen molar-refractivity contribution in [1.82, 2.24) is 15.1 Å². The number of nitro groups is 2. The summed E-state index contributed by atoms with van der Waals surface area (Å²) >= 11 is 3.13. The lowest BCUT2D eigenvalue weighted by Crippen LogP contribution is -2.46. The average Bonchev–Trinajstić information content (AvgIpc) is 3.11. The van der Waals surface area contributed by atoms with Crippen LogP contribution >= 0.6 is 15.9 Å². The first-order chi connectivity index (χ1) is 26.8. The lowest BCUT2D eigenvalue weighted by atomic mass is 10.2. The fourth-order valence-corrected chi connectivity index (χ4v) is 5.80. The number of carbonyl (C=O) groups excluding carboxylic acids is 3. The van der Waals surface area contributed by atoms with Crippen LogP contribution in [0.3, 0.4) is 0 Å². The van der Waals surface area contributed by atoms with Gasteiger partial charge in [-0.25, -0.2) is 14.4 Å². The topological polar surface area (TPSA) is 202 Å². The third-order valence-electron chi connectivity index (χ3n) is 8.18. The van der Waals surface area contributed by atoms with Crippen molar-refractivity contribution in [3.05, 3.63) is 61.1 Å². The molecule has 4 rings (SSSR count). The van der Waals surface area contributed by atoms with Crippen LogP contribution in [0.5, 0.6) is 0 Å². The number of hydrogen-bond acceptors (Lipinski definition) is 14.